The predicted molar refractivity (Wildman–Crippen MR) is 81.4 cm³/mol. The van der Waals surface area contributed by atoms with Crippen LogP contribution in [0.15, 0.2) is 6.07 Å². The fourth-order valence-corrected chi connectivity index (χ4v) is 3.23. The molecule has 0 saturated carbocycles. The van der Waals surface area contributed by atoms with E-state index >= 15 is 0 Å². The number of hydrogen-bond acceptors (Lipinski definition) is 4. The molecule has 2 aliphatic rings. The highest BCUT2D eigenvalue weighted by atomic mass is 32.1. The number of nitrogens with zero attached hydrogens (tertiary/aromatic N) is 2. The van der Waals surface area contributed by atoms with E-state index in [0.29, 0.717) is 10.7 Å². The van der Waals surface area contributed by atoms with Crippen molar-refractivity contribution in [2.75, 3.05) is 19.7 Å². The van der Waals surface area contributed by atoms with Gasteiger partial charge in [0, 0.05) is 23.7 Å². The third-order valence-corrected chi connectivity index (χ3v) is 4.47. The van der Waals surface area contributed by atoms with E-state index in [2.05, 4.69) is 35.6 Å². The summed E-state index contributed by atoms with van der Waals surface area (Å²) < 4.78 is 6.67. The number of nitrogens with one attached hydrogen (secondary N) is 1. The summed E-state index contributed by atoms with van der Waals surface area (Å²) in [5, 5.41) is 0. The van der Waals surface area contributed by atoms with Crippen molar-refractivity contribution in [3.8, 4) is 0 Å². The molecule has 2 saturated heterocycles. The van der Waals surface area contributed by atoms with Gasteiger partial charge in [-0.05, 0) is 25.5 Å². The summed E-state index contributed by atoms with van der Waals surface area (Å²) in [6.07, 6.45) is 2.57. The molecule has 1 aromatic rings. The number of aromatic nitrogens is 2. The first-order chi connectivity index (χ1) is 9.43. The Morgan fingerprint density at radius 3 is 3.00 bits per heavy atom. The minimum absolute atomic E-state index is 0.0216. The number of H-pyrrole nitrogens is 1. The van der Waals surface area contributed by atoms with Gasteiger partial charge < -0.3 is 9.72 Å². The molecule has 0 radical (unpaired) electrons. The van der Waals surface area contributed by atoms with Crippen molar-refractivity contribution >= 4 is 12.2 Å². The minimum Gasteiger partial charge on any atom is -0.367 e. The van der Waals surface area contributed by atoms with Crippen LogP contribution in [0.3, 0.4) is 0 Å². The average molecular weight is 293 g/mol. The van der Waals surface area contributed by atoms with Gasteiger partial charge in [0.15, 0.2) is 0 Å². The Labute approximate surface area is 125 Å². The standard InChI is InChI=1S/C15H23N3OS/c1-15(2,3)12-7-13(20)17-14(16-12)11-8-18-6-4-5-10(18)9-19-11/h7,10-11H,4-6,8-9H2,1-3H3,(H,16,17,20). The van der Waals surface area contributed by atoms with E-state index in [1.807, 2.05) is 6.07 Å². The molecule has 2 atom stereocenters. The van der Waals surface area contributed by atoms with Gasteiger partial charge in [-0.2, -0.15) is 0 Å². The van der Waals surface area contributed by atoms with Gasteiger partial charge in [-0.1, -0.05) is 33.0 Å². The minimum atomic E-state index is 0.0216. The highest BCUT2D eigenvalue weighted by Gasteiger charge is 2.34. The smallest absolute Gasteiger partial charge is 0.138 e. The van der Waals surface area contributed by atoms with Crippen molar-refractivity contribution in [3.63, 3.8) is 0 Å². The maximum Gasteiger partial charge on any atom is 0.138 e. The van der Waals surface area contributed by atoms with E-state index in [1.54, 1.807) is 0 Å². The van der Waals surface area contributed by atoms with Crippen molar-refractivity contribution in [1.82, 2.24) is 14.9 Å². The second kappa shape index (κ2) is 5.20. The number of fused-ring (bicyclic) bond motifs is 1. The first kappa shape index (κ1) is 14.2. The van der Waals surface area contributed by atoms with Gasteiger partial charge in [0.2, 0.25) is 0 Å². The monoisotopic (exact) mass is 293 g/mol. The third-order valence-electron chi connectivity index (χ3n) is 4.26. The van der Waals surface area contributed by atoms with Crippen LogP contribution in [0.5, 0.6) is 0 Å². The summed E-state index contributed by atoms with van der Waals surface area (Å²) in [5.41, 5.74) is 1.16. The van der Waals surface area contributed by atoms with Crippen molar-refractivity contribution < 1.29 is 4.74 Å². The van der Waals surface area contributed by atoms with Crippen LogP contribution >= 0.6 is 12.2 Å². The summed E-state index contributed by atoms with van der Waals surface area (Å²) >= 11 is 5.32. The molecule has 0 bridgehead atoms. The van der Waals surface area contributed by atoms with Gasteiger partial charge in [-0.15, -0.1) is 0 Å². The molecule has 1 N–H and O–H groups in total. The molecule has 0 aliphatic carbocycles. The van der Waals surface area contributed by atoms with Crippen LogP contribution in [0.2, 0.25) is 0 Å². The molecule has 0 spiro atoms. The lowest BCUT2D eigenvalue weighted by Gasteiger charge is -2.35. The maximum atomic E-state index is 6.02. The lowest BCUT2D eigenvalue weighted by molar-refractivity contribution is -0.0543. The molecule has 110 valence electrons. The van der Waals surface area contributed by atoms with Crippen LogP contribution < -0.4 is 0 Å². The molecule has 4 nitrogen and oxygen atoms in total. The zero-order chi connectivity index (χ0) is 14.3. The van der Waals surface area contributed by atoms with E-state index < -0.39 is 0 Å². The zero-order valence-electron chi connectivity index (χ0n) is 12.5. The van der Waals surface area contributed by atoms with Crippen LogP contribution in [0, 0.1) is 4.64 Å². The van der Waals surface area contributed by atoms with Crippen LogP contribution in [0.1, 0.15) is 51.2 Å². The number of morpholine rings is 1. The summed E-state index contributed by atoms with van der Waals surface area (Å²) in [5.74, 6) is 0.882. The Balaban J connectivity index is 1.87. The van der Waals surface area contributed by atoms with Gasteiger partial charge in [-0.25, -0.2) is 4.98 Å². The van der Waals surface area contributed by atoms with E-state index in [-0.39, 0.29) is 11.5 Å². The van der Waals surface area contributed by atoms with E-state index in [4.69, 9.17) is 17.0 Å². The molecule has 20 heavy (non-hydrogen) atoms. The van der Waals surface area contributed by atoms with Crippen LogP contribution in [-0.4, -0.2) is 40.6 Å². The van der Waals surface area contributed by atoms with Gasteiger partial charge >= 0.3 is 0 Å². The first-order valence-electron chi connectivity index (χ1n) is 7.41. The van der Waals surface area contributed by atoms with Gasteiger partial charge in [0.1, 0.15) is 16.6 Å². The summed E-state index contributed by atoms with van der Waals surface area (Å²) in [7, 11) is 0. The fourth-order valence-electron chi connectivity index (χ4n) is 3.02. The number of rotatable bonds is 1. The van der Waals surface area contributed by atoms with Crippen LogP contribution in [0.4, 0.5) is 0 Å². The molecule has 5 heteroatoms. The molecule has 2 aliphatic heterocycles. The van der Waals surface area contributed by atoms with Gasteiger partial charge in [-0.3, -0.25) is 4.90 Å². The number of aromatic amines is 1. The highest BCUT2D eigenvalue weighted by molar-refractivity contribution is 7.71. The molecular weight excluding hydrogens is 270 g/mol. The lowest BCUT2D eigenvalue weighted by Crippen LogP contribution is -2.43. The van der Waals surface area contributed by atoms with E-state index in [1.165, 1.54) is 19.4 Å². The molecule has 0 aromatic carbocycles. The van der Waals surface area contributed by atoms with E-state index in [0.717, 1.165) is 24.7 Å². The second-order valence-corrected chi connectivity index (χ2v) is 7.30. The molecule has 0 amide bonds. The number of hydrogen-bond donors (Lipinski definition) is 1. The average Bonchev–Trinajstić information content (AvgIpc) is 2.84. The predicted octanol–water partition coefficient (Wildman–Crippen LogP) is 2.97. The summed E-state index contributed by atoms with van der Waals surface area (Å²) in [6.45, 7) is 9.45. The van der Waals surface area contributed by atoms with Gasteiger partial charge in [0.05, 0.1) is 6.61 Å². The Bertz CT molecular complexity index is 549. The molecule has 1 aromatic heterocycles. The number of ether oxygens (including phenoxy) is 1. The largest absolute Gasteiger partial charge is 0.367 e. The molecule has 2 fully saturated rings. The van der Waals surface area contributed by atoms with Crippen LogP contribution in [0.25, 0.3) is 0 Å². The third kappa shape index (κ3) is 2.80. The fraction of sp³-hybridized carbons (Fsp3) is 0.733. The maximum absolute atomic E-state index is 6.02. The highest BCUT2D eigenvalue weighted by Crippen LogP contribution is 2.29. The Morgan fingerprint density at radius 1 is 1.45 bits per heavy atom. The topological polar surface area (TPSA) is 41.2 Å². The van der Waals surface area contributed by atoms with Crippen LogP contribution in [-0.2, 0) is 10.2 Å². The summed E-state index contributed by atoms with van der Waals surface area (Å²) in [6, 6.07) is 2.57. The molecule has 2 unspecified atom stereocenters. The Kier molecular flexibility index (Phi) is 3.69. The first-order valence-corrected chi connectivity index (χ1v) is 7.82. The molecular formula is C15H23N3OS. The van der Waals surface area contributed by atoms with E-state index in [9.17, 15) is 0 Å². The summed E-state index contributed by atoms with van der Waals surface area (Å²) in [4.78, 5) is 10.5. The van der Waals surface area contributed by atoms with Crippen molar-refractivity contribution in [3.05, 3.63) is 22.2 Å². The normalized spacial score (nSPS) is 27.6. The van der Waals surface area contributed by atoms with Crippen molar-refractivity contribution in [2.24, 2.45) is 0 Å². The Morgan fingerprint density at radius 2 is 2.25 bits per heavy atom. The second-order valence-electron chi connectivity index (χ2n) is 6.88. The zero-order valence-corrected chi connectivity index (χ0v) is 13.3. The molecule has 3 heterocycles. The van der Waals surface area contributed by atoms with Crippen molar-refractivity contribution in [2.45, 2.75) is 51.2 Å². The lowest BCUT2D eigenvalue weighted by atomic mass is 9.92. The van der Waals surface area contributed by atoms with Gasteiger partial charge in [0.25, 0.3) is 0 Å². The van der Waals surface area contributed by atoms with Crippen molar-refractivity contribution in [1.29, 1.82) is 0 Å². The Hall–Kier alpha value is -0.780. The quantitative estimate of drug-likeness (QED) is 0.808. The molecule has 3 rings (SSSR count). The SMILES string of the molecule is CC(C)(C)c1cc(=S)nc(C2CN3CCCC3CO2)[nH]1.